The molecule has 0 bridgehead atoms. The second-order valence-corrected chi connectivity index (χ2v) is 8.40. The lowest BCUT2D eigenvalue weighted by atomic mass is 9.86. The standard InChI is InChI=1S/C14H29N3S/c1-13(2,12(15)16)6-5-8-17-9-7-14(3,4)18-11-10-17/h5-11H2,1-4H3,(H3,15,16). The maximum atomic E-state index is 7.57. The zero-order valence-corrected chi connectivity index (χ0v) is 13.2. The summed E-state index contributed by atoms with van der Waals surface area (Å²) in [6.07, 6.45) is 3.42. The molecule has 0 radical (unpaired) electrons. The quantitative estimate of drug-likeness (QED) is 0.597. The van der Waals surface area contributed by atoms with Crippen LogP contribution in [0.5, 0.6) is 0 Å². The number of hydrogen-bond acceptors (Lipinski definition) is 3. The molecule has 1 saturated heterocycles. The number of amidine groups is 1. The first-order chi connectivity index (χ1) is 8.23. The molecule has 0 unspecified atom stereocenters. The first-order valence-electron chi connectivity index (χ1n) is 6.94. The van der Waals surface area contributed by atoms with E-state index in [-0.39, 0.29) is 5.41 Å². The highest BCUT2D eigenvalue weighted by atomic mass is 32.2. The van der Waals surface area contributed by atoms with Crippen LogP contribution in [0.2, 0.25) is 0 Å². The van der Waals surface area contributed by atoms with E-state index in [4.69, 9.17) is 11.1 Å². The molecule has 0 amide bonds. The normalized spacial score (nSPS) is 21.6. The number of hydrogen-bond donors (Lipinski definition) is 2. The van der Waals surface area contributed by atoms with Crippen molar-refractivity contribution >= 4 is 17.6 Å². The fourth-order valence-corrected chi connectivity index (χ4v) is 3.30. The molecule has 0 aliphatic carbocycles. The van der Waals surface area contributed by atoms with Gasteiger partial charge in [-0.05, 0) is 32.4 Å². The van der Waals surface area contributed by atoms with Crippen molar-refractivity contribution in [3.8, 4) is 0 Å². The van der Waals surface area contributed by atoms with Crippen molar-refractivity contribution in [2.24, 2.45) is 11.1 Å². The predicted molar refractivity (Wildman–Crippen MR) is 82.5 cm³/mol. The Bertz CT molecular complexity index is 287. The summed E-state index contributed by atoms with van der Waals surface area (Å²) >= 11 is 2.09. The van der Waals surface area contributed by atoms with Crippen molar-refractivity contribution < 1.29 is 0 Å². The third-order valence-corrected chi connectivity index (χ3v) is 5.31. The fourth-order valence-electron chi connectivity index (χ4n) is 2.17. The zero-order valence-electron chi connectivity index (χ0n) is 12.4. The van der Waals surface area contributed by atoms with Crippen LogP contribution in [0, 0.1) is 10.8 Å². The summed E-state index contributed by atoms with van der Waals surface area (Å²) in [4.78, 5) is 2.57. The Kier molecular flexibility index (Phi) is 5.53. The Morgan fingerprint density at radius 1 is 1.39 bits per heavy atom. The maximum absolute atomic E-state index is 7.57. The van der Waals surface area contributed by atoms with Crippen molar-refractivity contribution in [2.45, 2.75) is 51.7 Å². The summed E-state index contributed by atoms with van der Waals surface area (Å²) in [5.41, 5.74) is 5.48. The molecule has 1 heterocycles. The minimum atomic E-state index is -0.139. The van der Waals surface area contributed by atoms with Gasteiger partial charge in [-0.25, -0.2) is 0 Å². The molecule has 0 aromatic rings. The van der Waals surface area contributed by atoms with Gasteiger partial charge in [-0.15, -0.1) is 0 Å². The molecular weight excluding hydrogens is 242 g/mol. The van der Waals surface area contributed by atoms with Crippen LogP contribution in [0.3, 0.4) is 0 Å². The molecule has 0 spiro atoms. The molecule has 18 heavy (non-hydrogen) atoms. The molecule has 3 N–H and O–H groups in total. The number of nitrogens with two attached hydrogens (primary N) is 1. The molecule has 4 heteroatoms. The smallest absolute Gasteiger partial charge is 0.0963 e. The van der Waals surface area contributed by atoms with E-state index in [9.17, 15) is 0 Å². The number of nitrogens with one attached hydrogen (secondary N) is 1. The van der Waals surface area contributed by atoms with E-state index >= 15 is 0 Å². The van der Waals surface area contributed by atoms with E-state index in [0.29, 0.717) is 10.6 Å². The third kappa shape index (κ3) is 5.19. The summed E-state index contributed by atoms with van der Waals surface area (Å²) in [6.45, 7) is 12.4. The fraction of sp³-hybridized carbons (Fsp3) is 0.929. The van der Waals surface area contributed by atoms with Gasteiger partial charge in [0.15, 0.2) is 0 Å². The minimum absolute atomic E-state index is 0.139. The highest BCUT2D eigenvalue weighted by Crippen LogP contribution is 2.31. The molecular formula is C14H29N3S. The zero-order chi connectivity index (χ0) is 13.8. The molecule has 0 aromatic heterocycles. The molecule has 1 fully saturated rings. The van der Waals surface area contributed by atoms with Gasteiger partial charge in [0.1, 0.15) is 0 Å². The predicted octanol–water partition coefficient (Wildman–Crippen LogP) is 2.95. The van der Waals surface area contributed by atoms with Crippen LogP contribution in [-0.4, -0.2) is 40.9 Å². The van der Waals surface area contributed by atoms with Gasteiger partial charge in [0.05, 0.1) is 5.84 Å². The topological polar surface area (TPSA) is 53.1 Å². The summed E-state index contributed by atoms with van der Waals surface area (Å²) in [5.74, 6) is 1.55. The van der Waals surface area contributed by atoms with Crippen LogP contribution in [0.15, 0.2) is 0 Å². The van der Waals surface area contributed by atoms with Crippen molar-refractivity contribution in [1.82, 2.24) is 4.90 Å². The van der Waals surface area contributed by atoms with Gasteiger partial charge in [-0.3, -0.25) is 5.41 Å². The van der Waals surface area contributed by atoms with E-state index in [1.807, 2.05) is 0 Å². The van der Waals surface area contributed by atoms with Crippen molar-refractivity contribution in [2.75, 3.05) is 25.4 Å². The maximum Gasteiger partial charge on any atom is 0.0963 e. The van der Waals surface area contributed by atoms with Crippen LogP contribution in [-0.2, 0) is 0 Å². The second kappa shape index (κ2) is 6.29. The third-order valence-electron chi connectivity index (χ3n) is 3.94. The van der Waals surface area contributed by atoms with Crippen LogP contribution >= 0.6 is 11.8 Å². The molecule has 1 rings (SSSR count). The van der Waals surface area contributed by atoms with Crippen molar-refractivity contribution in [3.63, 3.8) is 0 Å². The Balaban J connectivity index is 2.30. The molecule has 1 aliphatic rings. The van der Waals surface area contributed by atoms with Crippen LogP contribution in [0.1, 0.15) is 47.0 Å². The van der Waals surface area contributed by atoms with E-state index in [1.165, 1.54) is 25.3 Å². The summed E-state index contributed by atoms with van der Waals surface area (Å²) < 4.78 is 0.438. The van der Waals surface area contributed by atoms with Gasteiger partial charge in [-0.1, -0.05) is 27.7 Å². The molecule has 0 saturated carbocycles. The first-order valence-corrected chi connectivity index (χ1v) is 7.92. The average Bonchev–Trinajstić information content (AvgIpc) is 2.40. The highest BCUT2D eigenvalue weighted by molar-refractivity contribution is 8.00. The second-order valence-electron chi connectivity index (χ2n) is 6.60. The van der Waals surface area contributed by atoms with Gasteiger partial charge >= 0.3 is 0 Å². The summed E-state index contributed by atoms with van der Waals surface area (Å²) in [6, 6.07) is 0. The Hall–Kier alpha value is -0.220. The largest absolute Gasteiger partial charge is 0.387 e. The molecule has 0 atom stereocenters. The van der Waals surface area contributed by atoms with Crippen LogP contribution in [0.4, 0.5) is 0 Å². The average molecular weight is 271 g/mol. The SMILES string of the molecule is CC1(C)CCN(CCCC(C)(C)C(=N)N)CCS1. The monoisotopic (exact) mass is 271 g/mol. The van der Waals surface area contributed by atoms with Gasteiger partial charge in [0.2, 0.25) is 0 Å². The Morgan fingerprint density at radius 2 is 2.06 bits per heavy atom. The van der Waals surface area contributed by atoms with E-state index in [2.05, 4.69) is 44.4 Å². The van der Waals surface area contributed by atoms with Gasteiger partial charge in [0, 0.05) is 22.5 Å². The van der Waals surface area contributed by atoms with E-state index < -0.39 is 0 Å². The van der Waals surface area contributed by atoms with Crippen molar-refractivity contribution in [1.29, 1.82) is 5.41 Å². The summed E-state index contributed by atoms with van der Waals surface area (Å²) in [7, 11) is 0. The van der Waals surface area contributed by atoms with Gasteiger partial charge in [0.25, 0.3) is 0 Å². The lowest BCUT2D eigenvalue weighted by molar-refractivity contribution is 0.266. The molecule has 1 aliphatic heterocycles. The van der Waals surface area contributed by atoms with Crippen molar-refractivity contribution in [3.05, 3.63) is 0 Å². The van der Waals surface area contributed by atoms with Crippen LogP contribution in [0.25, 0.3) is 0 Å². The van der Waals surface area contributed by atoms with Gasteiger partial charge < -0.3 is 10.6 Å². The number of thioether (sulfide) groups is 1. The Labute approximate surface area is 116 Å². The number of rotatable bonds is 5. The number of nitrogens with zero attached hydrogens (tertiary/aromatic N) is 1. The summed E-state index contributed by atoms with van der Waals surface area (Å²) in [5, 5.41) is 7.57. The molecule has 106 valence electrons. The molecule has 3 nitrogen and oxygen atoms in total. The highest BCUT2D eigenvalue weighted by Gasteiger charge is 2.25. The molecule has 0 aromatic carbocycles. The van der Waals surface area contributed by atoms with E-state index in [0.717, 1.165) is 19.4 Å². The van der Waals surface area contributed by atoms with E-state index in [1.54, 1.807) is 0 Å². The van der Waals surface area contributed by atoms with Gasteiger partial charge in [-0.2, -0.15) is 11.8 Å². The lowest BCUT2D eigenvalue weighted by Crippen LogP contribution is -2.33. The minimum Gasteiger partial charge on any atom is -0.387 e. The first kappa shape index (κ1) is 15.8. The Morgan fingerprint density at radius 3 is 2.67 bits per heavy atom. The lowest BCUT2D eigenvalue weighted by Gasteiger charge is -2.26. The van der Waals surface area contributed by atoms with Crippen LogP contribution < -0.4 is 5.73 Å².